The second-order valence-electron chi connectivity index (χ2n) is 9.78. The van der Waals surface area contributed by atoms with Gasteiger partial charge in [-0.3, -0.25) is 9.59 Å². The third-order valence-electron chi connectivity index (χ3n) is 6.91. The molecule has 1 saturated carbocycles. The van der Waals surface area contributed by atoms with Crippen LogP contribution in [0, 0.1) is 5.82 Å². The quantitative estimate of drug-likeness (QED) is 0.261. The minimum atomic E-state index is -0.653. The van der Waals surface area contributed by atoms with Gasteiger partial charge in [-0.1, -0.05) is 95.9 Å². The van der Waals surface area contributed by atoms with Gasteiger partial charge in [0.2, 0.25) is 11.8 Å². The molecule has 0 aliphatic heterocycles. The number of hydrogen-bond acceptors (Lipinski definition) is 3. The van der Waals surface area contributed by atoms with Gasteiger partial charge in [-0.2, -0.15) is 0 Å². The Morgan fingerprint density at radius 3 is 2.39 bits per heavy atom. The molecular weight excluding hydrogens is 563 g/mol. The summed E-state index contributed by atoms with van der Waals surface area (Å²) in [7, 11) is 0. The summed E-state index contributed by atoms with van der Waals surface area (Å²) in [5.41, 5.74) is 2.51. The van der Waals surface area contributed by atoms with Crippen molar-refractivity contribution in [2.75, 3.05) is 5.75 Å². The topological polar surface area (TPSA) is 49.4 Å². The largest absolute Gasteiger partial charge is 0.352 e. The van der Waals surface area contributed by atoms with E-state index < -0.39 is 6.04 Å². The first-order valence-electron chi connectivity index (χ1n) is 13.2. The van der Waals surface area contributed by atoms with E-state index in [4.69, 9.17) is 0 Å². The molecular formula is C31H34BrFN2O2S. The minimum absolute atomic E-state index is 0.108. The Morgan fingerprint density at radius 2 is 1.66 bits per heavy atom. The van der Waals surface area contributed by atoms with Gasteiger partial charge < -0.3 is 10.2 Å². The number of rotatable bonds is 11. The average Bonchev–Trinajstić information content (AvgIpc) is 2.93. The zero-order valence-corrected chi connectivity index (χ0v) is 23.9. The summed E-state index contributed by atoms with van der Waals surface area (Å²) in [6.45, 7) is 0.314. The fraction of sp³-hybridized carbons (Fsp3) is 0.355. The van der Waals surface area contributed by atoms with Gasteiger partial charge >= 0.3 is 0 Å². The Hall–Kier alpha value is -2.64. The highest BCUT2D eigenvalue weighted by Gasteiger charge is 2.32. The first kappa shape index (κ1) is 28.4. The van der Waals surface area contributed by atoms with Crippen molar-refractivity contribution in [1.29, 1.82) is 0 Å². The monoisotopic (exact) mass is 596 g/mol. The average molecular weight is 598 g/mol. The van der Waals surface area contributed by atoms with Crippen molar-refractivity contribution < 1.29 is 14.0 Å². The molecule has 1 fully saturated rings. The Balaban J connectivity index is 1.57. The molecule has 0 bridgehead atoms. The van der Waals surface area contributed by atoms with Crippen molar-refractivity contribution in [3.63, 3.8) is 0 Å². The highest BCUT2D eigenvalue weighted by Crippen LogP contribution is 2.22. The number of benzene rings is 3. The molecule has 0 saturated heterocycles. The summed E-state index contributed by atoms with van der Waals surface area (Å²) in [5.74, 6) is 0.0342. The molecule has 0 heterocycles. The number of nitrogens with one attached hydrogen (secondary N) is 1. The van der Waals surface area contributed by atoms with E-state index >= 15 is 0 Å². The van der Waals surface area contributed by atoms with E-state index in [0.29, 0.717) is 24.3 Å². The van der Waals surface area contributed by atoms with E-state index in [9.17, 15) is 14.0 Å². The van der Waals surface area contributed by atoms with Crippen LogP contribution in [-0.4, -0.2) is 34.6 Å². The lowest BCUT2D eigenvalue weighted by molar-refractivity contribution is -0.139. The van der Waals surface area contributed by atoms with Crippen LogP contribution < -0.4 is 5.32 Å². The molecule has 0 spiro atoms. The van der Waals surface area contributed by atoms with Crippen molar-refractivity contribution in [2.24, 2.45) is 0 Å². The van der Waals surface area contributed by atoms with Crippen molar-refractivity contribution in [3.05, 3.63) is 106 Å². The molecule has 3 aromatic carbocycles. The van der Waals surface area contributed by atoms with Gasteiger partial charge in [0.15, 0.2) is 0 Å². The predicted octanol–water partition coefficient (Wildman–Crippen LogP) is 6.91. The van der Waals surface area contributed by atoms with Crippen LogP contribution in [0.15, 0.2) is 83.3 Å². The highest BCUT2D eigenvalue weighted by molar-refractivity contribution is 9.10. The van der Waals surface area contributed by atoms with E-state index in [1.54, 1.807) is 23.1 Å². The SMILES string of the molecule is O=C(NC1CCCCC1)[C@@H](Cc1ccccc1)N(Cc1cccc(Br)c1)C(=O)CSCc1ccccc1F. The number of hydrogen-bond donors (Lipinski definition) is 1. The van der Waals surface area contributed by atoms with Crippen LogP contribution in [-0.2, 0) is 28.3 Å². The number of nitrogens with zero attached hydrogens (tertiary/aromatic N) is 1. The molecule has 7 heteroatoms. The smallest absolute Gasteiger partial charge is 0.243 e. The van der Waals surface area contributed by atoms with E-state index in [2.05, 4.69) is 21.2 Å². The van der Waals surface area contributed by atoms with Crippen LogP contribution in [0.2, 0.25) is 0 Å². The van der Waals surface area contributed by atoms with Crippen molar-refractivity contribution in [2.45, 2.75) is 62.9 Å². The maximum Gasteiger partial charge on any atom is 0.243 e. The van der Waals surface area contributed by atoms with Crippen LogP contribution >= 0.6 is 27.7 Å². The standard InChI is InChI=1S/C31H34BrFN2O2S/c32-26-14-9-12-24(18-26)20-35(30(36)22-38-21-25-13-7-8-17-28(25)33)29(19-23-10-3-1-4-11-23)31(37)34-27-15-5-2-6-16-27/h1,3-4,7-14,17-18,27,29H,2,5-6,15-16,19-22H2,(H,34,37)/t29-/m1/s1. The van der Waals surface area contributed by atoms with E-state index in [-0.39, 0.29) is 29.4 Å². The predicted molar refractivity (Wildman–Crippen MR) is 156 cm³/mol. The Bertz CT molecular complexity index is 1200. The lowest BCUT2D eigenvalue weighted by Gasteiger charge is -2.33. The lowest BCUT2D eigenvalue weighted by atomic mass is 9.94. The Morgan fingerprint density at radius 1 is 0.947 bits per heavy atom. The van der Waals surface area contributed by atoms with Crippen molar-refractivity contribution >= 4 is 39.5 Å². The Kier molecular flexibility index (Phi) is 10.8. The minimum Gasteiger partial charge on any atom is -0.352 e. The van der Waals surface area contributed by atoms with Gasteiger partial charge in [0.1, 0.15) is 11.9 Å². The van der Waals surface area contributed by atoms with Crippen molar-refractivity contribution in [3.8, 4) is 0 Å². The maximum atomic E-state index is 14.1. The molecule has 1 atom stereocenters. The summed E-state index contributed by atoms with van der Waals surface area (Å²) in [5, 5.41) is 3.26. The molecule has 200 valence electrons. The summed E-state index contributed by atoms with van der Waals surface area (Å²) in [6, 6.07) is 23.8. The number of carbonyl (C=O) groups excluding carboxylic acids is 2. The number of halogens is 2. The summed E-state index contributed by atoms with van der Waals surface area (Å²) in [6.07, 6.45) is 5.80. The van der Waals surface area contributed by atoms with E-state index in [1.807, 2.05) is 54.6 Å². The first-order chi connectivity index (χ1) is 18.5. The van der Waals surface area contributed by atoms with Gasteiger partial charge in [-0.25, -0.2) is 4.39 Å². The highest BCUT2D eigenvalue weighted by atomic mass is 79.9. The van der Waals surface area contributed by atoms with E-state index in [1.165, 1.54) is 24.2 Å². The fourth-order valence-corrected chi connectivity index (χ4v) is 6.22. The molecule has 4 rings (SSSR count). The summed E-state index contributed by atoms with van der Waals surface area (Å²) in [4.78, 5) is 29.3. The molecule has 0 aromatic heterocycles. The normalized spacial score (nSPS) is 14.6. The molecule has 3 aromatic rings. The maximum absolute atomic E-state index is 14.1. The van der Waals surface area contributed by atoms with Gasteiger partial charge in [0.05, 0.1) is 5.75 Å². The van der Waals surface area contributed by atoms with Gasteiger partial charge in [-0.05, 0) is 47.7 Å². The molecule has 1 aliphatic carbocycles. The van der Waals surface area contributed by atoms with E-state index in [0.717, 1.165) is 41.3 Å². The third-order valence-corrected chi connectivity index (χ3v) is 8.36. The molecule has 0 unspecified atom stereocenters. The molecule has 4 nitrogen and oxygen atoms in total. The molecule has 0 radical (unpaired) electrons. The summed E-state index contributed by atoms with van der Waals surface area (Å²) < 4.78 is 15.0. The third kappa shape index (κ3) is 8.43. The fourth-order valence-electron chi connectivity index (χ4n) is 4.88. The molecule has 1 N–H and O–H groups in total. The first-order valence-corrected chi connectivity index (χ1v) is 15.1. The number of carbonyl (C=O) groups is 2. The second-order valence-corrected chi connectivity index (χ2v) is 11.7. The van der Waals surface area contributed by atoms with Crippen LogP contribution in [0.4, 0.5) is 4.39 Å². The number of amides is 2. The van der Waals surface area contributed by atoms with Crippen LogP contribution in [0.1, 0.15) is 48.8 Å². The molecule has 1 aliphatic rings. The van der Waals surface area contributed by atoms with Crippen LogP contribution in [0.5, 0.6) is 0 Å². The molecule has 38 heavy (non-hydrogen) atoms. The zero-order chi connectivity index (χ0) is 26.7. The van der Waals surface area contributed by atoms with Gasteiger partial charge in [0, 0.05) is 29.2 Å². The lowest BCUT2D eigenvalue weighted by Crippen LogP contribution is -2.53. The van der Waals surface area contributed by atoms with Gasteiger partial charge in [-0.15, -0.1) is 11.8 Å². The zero-order valence-electron chi connectivity index (χ0n) is 21.5. The second kappa shape index (κ2) is 14.5. The summed E-state index contributed by atoms with van der Waals surface area (Å²) >= 11 is 4.90. The van der Waals surface area contributed by atoms with Crippen molar-refractivity contribution in [1.82, 2.24) is 10.2 Å². The Labute approximate surface area is 237 Å². The van der Waals surface area contributed by atoms with Crippen LogP contribution in [0.25, 0.3) is 0 Å². The molecule has 2 amide bonds. The van der Waals surface area contributed by atoms with Crippen LogP contribution in [0.3, 0.4) is 0 Å². The van der Waals surface area contributed by atoms with Gasteiger partial charge in [0.25, 0.3) is 0 Å². The number of thioether (sulfide) groups is 1.